The number of carbonyl (C=O) groups is 2. The van der Waals surface area contributed by atoms with Crippen LogP contribution in [-0.4, -0.2) is 20.6 Å². The largest absolute Gasteiger partial charge is 0.351 e. The average Bonchev–Trinajstić information content (AvgIpc) is 3.25. The van der Waals surface area contributed by atoms with Crippen molar-refractivity contribution in [3.8, 4) is 0 Å². The number of carbonyl (C=O) groups excluding carboxylic acids is 2. The van der Waals surface area contributed by atoms with Gasteiger partial charge >= 0.3 is 0 Å². The van der Waals surface area contributed by atoms with Crippen molar-refractivity contribution in [1.82, 2.24) is 9.47 Å². The number of amides is 2. The average molecular weight is 445 g/mol. The summed E-state index contributed by atoms with van der Waals surface area (Å²) in [6.45, 7) is 0.304. The van der Waals surface area contributed by atoms with Gasteiger partial charge in [-0.2, -0.15) is 0 Å². The molecule has 1 aromatic heterocycles. The third kappa shape index (κ3) is 4.22. The molecule has 27 heavy (non-hydrogen) atoms. The molecule has 2 aromatic rings. The van der Waals surface area contributed by atoms with Crippen LogP contribution >= 0.6 is 27.7 Å². The molecule has 0 spiro atoms. The number of rotatable bonds is 4. The fourth-order valence-corrected chi connectivity index (χ4v) is 4.78. The molecule has 6 heteroatoms. The normalized spacial score (nSPS) is 20.0. The molecule has 4 rings (SSSR count). The summed E-state index contributed by atoms with van der Waals surface area (Å²) in [5, 5.41) is -0.208. The van der Waals surface area contributed by atoms with Crippen LogP contribution in [0.5, 0.6) is 0 Å². The molecular weight excluding hydrogens is 424 g/mol. The van der Waals surface area contributed by atoms with E-state index >= 15 is 0 Å². The lowest BCUT2D eigenvalue weighted by Gasteiger charge is -2.23. The maximum Gasteiger partial charge on any atom is 0.293 e. The monoisotopic (exact) mass is 444 g/mol. The molecule has 2 fully saturated rings. The molecule has 0 N–H and O–H groups in total. The highest BCUT2D eigenvalue weighted by atomic mass is 79.9. The maximum atomic E-state index is 12.7. The van der Waals surface area contributed by atoms with Crippen LogP contribution in [0.3, 0.4) is 0 Å². The van der Waals surface area contributed by atoms with Gasteiger partial charge in [-0.15, -0.1) is 0 Å². The highest BCUT2D eigenvalue weighted by Gasteiger charge is 2.35. The number of hydrogen-bond acceptors (Lipinski definition) is 3. The fraction of sp³-hybridized carbons (Fsp3) is 0.333. The first kappa shape index (κ1) is 18.6. The van der Waals surface area contributed by atoms with Gasteiger partial charge in [-0.25, -0.2) is 0 Å². The Morgan fingerprint density at radius 1 is 1.07 bits per heavy atom. The zero-order valence-electron chi connectivity index (χ0n) is 14.9. The van der Waals surface area contributed by atoms with E-state index in [1.165, 1.54) is 37.0 Å². The number of benzene rings is 1. The molecule has 1 aromatic carbocycles. The zero-order valence-corrected chi connectivity index (χ0v) is 17.3. The molecule has 1 aliphatic carbocycles. The fourth-order valence-electron chi connectivity index (χ4n) is 3.68. The summed E-state index contributed by atoms with van der Waals surface area (Å²) in [5.41, 5.74) is 1.92. The predicted molar refractivity (Wildman–Crippen MR) is 112 cm³/mol. The molecule has 0 unspecified atom stereocenters. The molecule has 2 heterocycles. The Labute approximate surface area is 171 Å². The van der Waals surface area contributed by atoms with E-state index in [-0.39, 0.29) is 11.1 Å². The first-order valence-electron chi connectivity index (χ1n) is 9.27. The Kier molecular flexibility index (Phi) is 5.55. The van der Waals surface area contributed by atoms with Crippen molar-refractivity contribution < 1.29 is 9.59 Å². The Morgan fingerprint density at radius 2 is 1.81 bits per heavy atom. The summed E-state index contributed by atoms with van der Waals surface area (Å²) < 4.78 is 3.24. The minimum atomic E-state index is -0.210. The van der Waals surface area contributed by atoms with Crippen LogP contribution in [0, 0.1) is 0 Å². The van der Waals surface area contributed by atoms with Crippen molar-refractivity contribution in [3.05, 3.63) is 63.2 Å². The number of hydrogen-bond donors (Lipinski definition) is 0. The summed E-state index contributed by atoms with van der Waals surface area (Å²) in [4.78, 5) is 26.8. The van der Waals surface area contributed by atoms with Gasteiger partial charge in [0.2, 0.25) is 0 Å². The number of halogens is 1. The quantitative estimate of drug-likeness (QED) is 0.543. The number of nitrogens with zero attached hydrogens (tertiary/aromatic N) is 2. The van der Waals surface area contributed by atoms with Crippen molar-refractivity contribution in [2.24, 2.45) is 0 Å². The SMILES string of the molecule is O=C1S/C(=C/c2ccn(C3CCCCC3)c2)C(=O)N1Cc1ccc(Br)cc1. The Bertz CT molecular complexity index is 882. The summed E-state index contributed by atoms with van der Waals surface area (Å²) >= 11 is 4.42. The van der Waals surface area contributed by atoms with E-state index in [2.05, 4.69) is 32.9 Å². The highest BCUT2D eigenvalue weighted by Crippen LogP contribution is 2.34. The van der Waals surface area contributed by atoms with Gasteiger partial charge < -0.3 is 4.57 Å². The predicted octanol–water partition coefficient (Wildman–Crippen LogP) is 5.99. The van der Waals surface area contributed by atoms with Crippen molar-refractivity contribution in [2.75, 3.05) is 0 Å². The Morgan fingerprint density at radius 3 is 2.56 bits per heavy atom. The van der Waals surface area contributed by atoms with Gasteiger partial charge in [-0.1, -0.05) is 47.3 Å². The smallest absolute Gasteiger partial charge is 0.293 e. The van der Waals surface area contributed by atoms with Crippen LogP contribution in [-0.2, 0) is 11.3 Å². The van der Waals surface area contributed by atoms with E-state index < -0.39 is 0 Å². The minimum absolute atomic E-state index is 0.208. The van der Waals surface area contributed by atoms with Gasteiger partial charge in [0.15, 0.2) is 0 Å². The molecule has 2 amide bonds. The molecule has 4 nitrogen and oxygen atoms in total. The van der Waals surface area contributed by atoms with Crippen molar-refractivity contribution in [1.29, 1.82) is 0 Å². The van der Waals surface area contributed by atoms with E-state index in [0.717, 1.165) is 27.4 Å². The van der Waals surface area contributed by atoms with Crippen LogP contribution < -0.4 is 0 Å². The molecule has 0 bridgehead atoms. The first-order chi connectivity index (χ1) is 13.1. The van der Waals surface area contributed by atoms with Crippen LogP contribution in [0.25, 0.3) is 6.08 Å². The van der Waals surface area contributed by atoms with Gasteiger partial charge in [0, 0.05) is 22.9 Å². The van der Waals surface area contributed by atoms with E-state index in [9.17, 15) is 9.59 Å². The second-order valence-corrected chi connectivity index (χ2v) is 8.99. The molecule has 0 radical (unpaired) electrons. The van der Waals surface area contributed by atoms with Gasteiger partial charge in [-0.05, 0) is 60.0 Å². The van der Waals surface area contributed by atoms with E-state index in [4.69, 9.17) is 0 Å². The summed E-state index contributed by atoms with van der Waals surface area (Å²) in [6, 6.07) is 10.3. The first-order valence-corrected chi connectivity index (χ1v) is 10.9. The van der Waals surface area contributed by atoms with Crippen LogP contribution in [0.4, 0.5) is 4.79 Å². The van der Waals surface area contributed by atoms with E-state index in [1.807, 2.05) is 36.4 Å². The van der Waals surface area contributed by atoms with Gasteiger partial charge in [0.05, 0.1) is 11.4 Å². The second kappa shape index (κ2) is 8.07. The Hall–Kier alpha value is -1.79. The molecular formula is C21H21BrN2O2S. The van der Waals surface area contributed by atoms with Crippen molar-refractivity contribution in [3.63, 3.8) is 0 Å². The van der Waals surface area contributed by atoms with E-state index in [1.54, 1.807) is 0 Å². The molecule has 1 saturated heterocycles. The standard InChI is InChI=1S/C21H21BrN2O2S/c22-17-8-6-15(7-9-17)14-24-20(25)19(27-21(24)26)12-16-10-11-23(13-16)18-4-2-1-3-5-18/h6-13,18H,1-5,14H2/b19-12+. The molecule has 140 valence electrons. The van der Waals surface area contributed by atoms with E-state index in [0.29, 0.717) is 17.5 Å². The van der Waals surface area contributed by atoms with Gasteiger partial charge in [-0.3, -0.25) is 14.5 Å². The van der Waals surface area contributed by atoms with Crippen molar-refractivity contribution >= 4 is 44.9 Å². The van der Waals surface area contributed by atoms with Crippen LogP contribution in [0.15, 0.2) is 52.1 Å². The highest BCUT2D eigenvalue weighted by molar-refractivity contribution is 9.10. The summed E-state index contributed by atoms with van der Waals surface area (Å²) in [7, 11) is 0. The maximum absolute atomic E-state index is 12.7. The Balaban J connectivity index is 1.47. The lowest BCUT2D eigenvalue weighted by molar-refractivity contribution is -0.123. The lowest BCUT2D eigenvalue weighted by atomic mass is 9.95. The number of imide groups is 1. The molecule has 0 atom stereocenters. The minimum Gasteiger partial charge on any atom is -0.351 e. The van der Waals surface area contributed by atoms with Crippen LogP contribution in [0.1, 0.15) is 49.3 Å². The topological polar surface area (TPSA) is 42.3 Å². The van der Waals surface area contributed by atoms with Crippen molar-refractivity contribution in [2.45, 2.75) is 44.7 Å². The van der Waals surface area contributed by atoms with Crippen LogP contribution in [0.2, 0.25) is 0 Å². The third-order valence-electron chi connectivity index (χ3n) is 5.16. The molecule has 1 saturated carbocycles. The third-order valence-corrected chi connectivity index (χ3v) is 6.59. The van der Waals surface area contributed by atoms with Gasteiger partial charge in [0.25, 0.3) is 11.1 Å². The molecule has 2 aliphatic rings. The lowest BCUT2D eigenvalue weighted by Crippen LogP contribution is -2.27. The zero-order chi connectivity index (χ0) is 18.8. The second-order valence-electron chi connectivity index (χ2n) is 7.08. The van der Waals surface area contributed by atoms with Gasteiger partial charge in [0.1, 0.15) is 0 Å². The number of aromatic nitrogens is 1. The molecule has 1 aliphatic heterocycles. The summed E-state index contributed by atoms with van der Waals surface area (Å²) in [6.07, 6.45) is 12.4. The summed E-state index contributed by atoms with van der Waals surface area (Å²) in [5.74, 6) is -0.210. The number of thioether (sulfide) groups is 1.